The molecule has 0 spiro atoms. The molecule has 5 aromatic rings. The van der Waals surface area contributed by atoms with Crippen LogP contribution < -0.4 is 5.56 Å². The highest BCUT2D eigenvalue weighted by atomic mass is 19.1. The summed E-state index contributed by atoms with van der Waals surface area (Å²) in [4.78, 5) is 30.8. The third-order valence-corrected chi connectivity index (χ3v) is 11.7. The fraction of sp³-hybridized carbons (Fsp3) is 0.645. The fourth-order valence-corrected chi connectivity index (χ4v) is 6.34. The van der Waals surface area contributed by atoms with Gasteiger partial charge in [0.15, 0.2) is 0 Å². The molecule has 2 N–H and O–H groups in total. The molecule has 0 aromatic carbocycles. The third kappa shape index (κ3) is 22.0. The van der Waals surface area contributed by atoms with Crippen molar-refractivity contribution >= 4 is 0 Å². The van der Waals surface area contributed by atoms with Crippen LogP contribution in [-0.2, 0) is 54.1 Å². The van der Waals surface area contributed by atoms with E-state index in [0.29, 0.717) is 0 Å². The van der Waals surface area contributed by atoms with Gasteiger partial charge in [-0.1, -0.05) is 208 Å². The number of nitrogens with one attached hydrogen (secondary N) is 2. The topological polar surface area (TPSA) is 113 Å². The highest BCUT2D eigenvalue weighted by Crippen LogP contribution is 2.31. The minimum Gasteiger partial charge on any atom is -0.345 e. The van der Waals surface area contributed by atoms with E-state index in [0.717, 1.165) is 34.0 Å². The molecule has 0 radical (unpaired) electrons. The summed E-state index contributed by atoms with van der Waals surface area (Å²) in [5, 5.41) is 8.24. The molecule has 0 fully saturated rings. The van der Waals surface area contributed by atoms with Gasteiger partial charge in [-0.3, -0.25) is 14.8 Å². The van der Waals surface area contributed by atoms with E-state index in [2.05, 4.69) is 246 Å². The van der Waals surface area contributed by atoms with Crippen molar-refractivity contribution in [2.45, 2.75) is 262 Å². The summed E-state index contributed by atoms with van der Waals surface area (Å²) >= 11 is 0. The number of aromatic nitrogens is 7. The summed E-state index contributed by atoms with van der Waals surface area (Å²) in [6.45, 7) is 64.3. The van der Waals surface area contributed by atoms with E-state index in [1.54, 1.807) is 6.07 Å². The Morgan fingerprint density at radius 1 is 0.380 bits per heavy atom. The Labute approximate surface area is 433 Å². The lowest BCUT2D eigenvalue weighted by atomic mass is 9.83. The lowest BCUT2D eigenvalue weighted by molar-refractivity contribution is 0.504. The lowest BCUT2D eigenvalue weighted by Gasteiger charge is -2.24. The van der Waals surface area contributed by atoms with Crippen molar-refractivity contribution in [1.82, 2.24) is 35.1 Å². The van der Waals surface area contributed by atoms with Crippen LogP contribution in [0.1, 0.15) is 264 Å². The summed E-state index contributed by atoms with van der Waals surface area (Å²) < 4.78 is 13.6. The minimum absolute atomic E-state index is 0.00708. The summed E-state index contributed by atoms with van der Waals surface area (Å²) in [6, 6.07) is 12.2. The predicted molar refractivity (Wildman–Crippen MR) is 303 cm³/mol. The zero-order valence-corrected chi connectivity index (χ0v) is 50.8. The normalized spacial score (nSPS) is 13.1. The Balaban J connectivity index is 0.000000444. The molecule has 0 saturated heterocycles. The molecule has 5 rings (SSSR count). The van der Waals surface area contributed by atoms with Gasteiger partial charge in [0.25, 0.3) is 0 Å². The maximum Gasteiger partial charge on any atom is 0.248 e. The second-order valence-corrected chi connectivity index (χ2v) is 29.6. The number of halogens is 1. The van der Waals surface area contributed by atoms with Crippen molar-refractivity contribution in [3.63, 3.8) is 0 Å². The largest absolute Gasteiger partial charge is 0.345 e. The molecule has 0 saturated carbocycles. The quantitative estimate of drug-likeness (QED) is 0.160. The smallest absolute Gasteiger partial charge is 0.248 e. The molecule has 0 bridgehead atoms. The van der Waals surface area contributed by atoms with Crippen LogP contribution in [0.25, 0.3) is 0 Å². The molecule has 0 aliphatic carbocycles. The third-order valence-electron chi connectivity index (χ3n) is 11.7. The molecule has 5 aromatic heterocycles. The number of imidazole rings is 1. The fourth-order valence-electron chi connectivity index (χ4n) is 6.34. The number of hydrogen-bond donors (Lipinski definition) is 2. The van der Waals surface area contributed by atoms with E-state index in [4.69, 9.17) is 0 Å². The van der Waals surface area contributed by atoms with E-state index in [1.165, 1.54) is 28.7 Å². The Morgan fingerprint density at radius 2 is 0.831 bits per heavy atom. The Kier molecular flexibility index (Phi) is 21.0. The number of hydrogen-bond acceptors (Lipinski definition) is 6. The van der Waals surface area contributed by atoms with E-state index in [-0.39, 0.29) is 65.5 Å². The van der Waals surface area contributed by atoms with Crippen molar-refractivity contribution in [1.29, 1.82) is 0 Å². The van der Waals surface area contributed by atoms with Gasteiger partial charge in [-0.2, -0.15) is 10.2 Å². The number of pyridine rings is 3. The highest BCUT2D eigenvalue weighted by molar-refractivity contribution is 5.30. The lowest BCUT2D eigenvalue weighted by Crippen LogP contribution is -2.23. The SMILES string of the molecule is CC(C)(C)c1cc(C(C)(C)C)[nH]c(=O)c1.CC(C)(C)c1cc(C(C)(C)C)c(F)cn1.CC(C)(C)c1ccnc(C(C)(C)C)c1.CC(C)(C)c1cnc(C(C)(C)C)[nH]1.CC(C)(C)c1cnnc(C(C)(C)C)c1. The second-order valence-electron chi connectivity index (χ2n) is 29.6. The number of rotatable bonds is 0. The molecule has 0 aliphatic heterocycles. The van der Waals surface area contributed by atoms with Gasteiger partial charge in [0.05, 0.1) is 18.1 Å². The van der Waals surface area contributed by atoms with E-state index in [1.807, 2.05) is 45.4 Å². The molecule has 0 aliphatic rings. The zero-order chi connectivity index (χ0) is 55.9. The van der Waals surface area contributed by atoms with Gasteiger partial charge in [-0.15, -0.1) is 0 Å². The molecule has 9 heteroatoms. The van der Waals surface area contributed by atoms with Gasteiger partial charge in [0, 0.05) is 73.7 Å². The summed E-state index contributed by atoms with van der Waals surface area (Å²) in [7, 11) is 0. The first kappa shape index (κ1) is 64.5. The van der Waals surface area contributed by atoms with Crippen molar-refractivity contribution in [3.8, 4) is 0 Å². The van der Waals surface area contributed by atoms with E-state index < -0.39 is 0 Å². The van der Waals surface area contributed by atoms with E-state index >= 15 is 0 Å². The van der Waals surface area contributed by atoms with Crippen LogP contribution in [0.4, 0.5) is 4.39 Å². The second kappa shape index (κ2) is 23.1. The molecular formula is C62H102FN7O. The molecule has 5 heterocycles. The molecule has 398 valence electrons. The van der Waals surface area contributed by atoms with Crippen LogP contribution in [0.3, 0.4) is 0 Å². The number of H-pyrrole nitrogens is 2. The summed E-state index contributed by atoms with van der Waals surface area (Å²) in [5.41, 5.74) is 10.5. The Morgan fingerprint density at radius 3 is 1.21 bits per heavy atom. The van der Waals surface area contributed by atoms with Gasteiger partial charge in [-0.25, -0.2) is 9.37 Å². The van der Waals surface area contributed by atoms with Crippen molar-refractivity contribution < 1.29 is 4.39 Å². The van der Waals surface area contributed by atoms with Gasteiger partial charge in [0.2, 0.25) is 5.56 Å². The molecule has 0 atom stereocenters. The molecule has 8 nitrogen and oxygen atoms in total. The van der Waals surface area contributed by atoms with Crippen LogP contribution >= 0.6 is 0 Å². The minimum atomic E-state index is -0.212. The van der Waals surface area contributed by atoms with E-state index in [9.17, 15) is 9.18 Å². The first-order chi connectivity index (χ1) is 31.4. The summed E-state index contributed by atoms with van der Waals surface area (Å²) in [6.07, 6.45) is 7.05. The monoisotopic (exact) mass is 980 g/mol. The van der Waals surface area contributed by atoms with Gasteiger partial charge in [-0.05, 0) is 74.2 Å². The summed E-state index contributed by atoms with van der Waals surface area (Å²) in [5.74, 6) is 0.855. The molecule has 0 amide bonds. The molecule has 0 unspecified atom stereocenters. The first-order valence-electron chi connectivity index (χ1n) is 25.6. The van der Waals surface area contributed by atoms with Gasteiger partial charge in [0.1, 0.15) is 11.6 Å². The average Bonchev–Trinajstić information content (AvgIpc) is 3.69. The maximum atomic E-state index is 13.6. The number of aromatic amines is 2. The predicted octanol–water partition coefficient (Wildman–Crippen LogP) is 16.5. The standard InChI is InChI=1S/C13H20FN.C13H21NO.C13H21N.C12H20N2.C11H20N2/c1-12(2,3)9-7-11(13(4,5)6)15-8-10(9)14;1-12(2,3)9-7-10(13(4,5)6)14-11(15)8-9;1-12(2,3)10-7-8-14-11(9-10)13(4,5)6;1-11(2,3)9-7-10(12(4,5)6)14-13-8-9;1-10(2,3)8-7-12-9(13-8)11(4,5)6/h7-8H,1-6H3;7-8H,1-6H3,(H,14,15);7-9H,1-6H3;7-8H,1-6H3;7H,1-6H3,(H,12,13). The first-order valence-corrected chi connectivity index (χ1v) is 25.6. The van der Waals surface area contributed by atoms with Crippen LogP contribution in [-0.4, -0.2) is 35.1 Å². The average molecular weight is 981 g/mol. The van der Waals surface area contributed by atoms with Gasteiger partial charge >= 0.3 is 0 Å². The van der Waals surface area contributed by atoms with Crippen LogP contribution in [0.15, 0.2) is 66.0 Å². The van der Waals surface area contributed by atoms with Crippen LogP contribution in [0.2, 0.25) is 0 Å². The van der Waals surface area contributed by atoms with Crippen molar-refractivity contribution in [2.75, 3.05) is 0 Å². The molecule has 71 heavy (non-hydrogen) atoms. The van der Waals surface area contributed by atoms with Gasteiger partial charge < -0.3 is 9.97 Å². The highest BCUT2D eigenvalue weighted by Gasteiger charge is 2.26. The molecular weight excluding hydrogens is 878 g/mol. The number of nitrogens with zero attached hydrogens (tertiary/aromatic N) is 5. The Hall–Kier alpha value is -4.53. The van der Waals surface area contributed by atoms with Crippen LogP contribution in [0.5, 0.6) is 0 Å². The Bertz CT molecular complexity index is 2300. The zero-order valence-electron chi connectivity index (χ0n) is 50.8. The van der Waals surface area contributed by atoms with Crippen molar-refractivity contribution in [2.24, 2.45) is 0 Å². The van der Waals surface area contributed by atoms with Crippen LogP contribution in [0, 0.1) is 5.82 Å². The van der Waals surface area contributed by atoms with Crippen molar-refractivity contribution in [3.05, 3.63) is 134 Å². The maximum absolute atomic E-state index is 13.6.